The average Bonchev–Trinajstić information content (AvgIpc) is 1.19. The summed E-state index contributed by atoms with van der Waals surface area (Å²) in [6.07, 6.45) is 37.2. The van der Waals surface area contributed by atoms with Crippen molar-refractivity contribution >= 4 is 30.4 Å². The molecule has 5 atom stereocenters. The van der Waals surface area contributed by atoms with E-state index in [4.69, 9.17) is 47.4 Å². The highest BCUT2D eigenvalue weighted by Crippen LogP contribution is 2.60. The summed E-state index contributed by atoms with van der Waals surface area (Å²) in [7, 11) is 1.72. The predicted octanol–water partition coefficient (Wildman–Crippen LogP) is 21.1. The largest absolute Gasteiger partial charge is 0.465 e. The molecule has 7 aliphatic carbocycles. The standard InChI is InChI=1S/C21H28O2.C17H24O2.2C15H20O2.C13H16O2/c1-3-16-4-6-20(7-5-16)23-15(2)22-14-21-11-17-8-18(12-21)10-19(9-17)13-21;1-3-14-10-12-16(13-11-14)19-17(18-4-2)15-8-6-5-7-9-15;1-3-12-8-10-14(11-9-12)17-15(16-2)13-6-4-5-7-13;1-3-13-8-10-15(11-9-13)17-12(2)16-14-6-4-5-7-14;1-2-11-6-8-12(9-7-11)15-13-5-3-4-10-14-13/h3-7,15,17-19H,1,8-14H2,2H3;3,10-13,15,17H,1,4-9H2,2H3;3,8-11,13,15H,1,4-7H2,2H3;3,8-12,14H,1,4-7H2,2H3;2,6-9,13H,1,3-5,10H2. The fourth-order valence-electron chi connectivity index (χ4n) is 14.5. The topological polar surface area (TPSA) is 92.3 Å². The Morgan fingerprint density at radius 3 is 1.22 bits per heavy atom. The highest BCUT2D eigenvalue weighted by molar-refractivity contribution is 5.51. The van der Waals surface area contributed by atoms with Gasteiger partial charge in [-0.2, -0.15) is 0 Å². The van der Waals surface area contributed by atoms with Crippen molar-refractivity contribution in [2.24, 2.45) is 35.0 Å². The summed E-state index contributed by atoms with van der Waals surface area (Å²) >= 11 is 0. The van der Waals surface area contributed by atoms with Gasteiger partial charge in [-0.15, -0.1) is 0 Å². The van der Waals surface area contributed by atoms with E-state index in [-0.39, 0.29) is 31.5 Å². The minimum absolute atomic E-state index is 0.0617. The second-order valence-electron chi connectivity index (χ2n) is 26.0. The molecule has 8 fully saturated rings. The maximum atomic E-state index is 6.14. The lowest BCUT2D eigenvalue weighted by atomic mass is 9.50. The SMILES string of the molecule is C=Cc1ccc(OC(C)OC2CCCC2)cc1.C=Cc1ccc(OC(C)OCC23CC4CC(CC(C4)C2)C3)cc1.C=Cc1ccc(OC(OC)C2CCCC2)cc1.C=Cc1ccc(OC(OCC)C2CCCCC2)cc1.C=Cc1ccc(OC2CCCCO2)cc1. The Bertz CT molecular complexity index is 2820. The number of hydrogen-bond acceptors (Lipinski definition) is 10. The van der Waals surface area contributed by atoms with Gasteiger partial charge < -0.3 is 47.4 Å². The molecule has 0 radical (unpaired) electrons. The van der Waals surface area contributed by atoms with Crippen LogP contribution in [0.15, 0.2) is 154 Å². The Labute approximate surface area is 547 Å². The predicted molar refractivity (Wildman–Crippen MR) is 373 cm³/mol. The van der Waals surface area contributed by atoms with Gasteiger partial charge in [0.15, 0.2) is 18.9 Å². The number of ether oxygens (including phenoxy) is 10. The van der Waals surface area contributed by atoms with E-state index >= 15 is 0 Å². The molecule has 0 amide bonds. The van der Waals surface area contributed by atoms with Gasteiger partial charge in [0.2, 0.25) is 12.6 Å². The van der Waals surface area contributed by atoms with E-state index in [0.717, 1.165) is 100 Å². The average molecular weight is 1240 g/mol. The summed E-state index contributed by atoms with van der Waals surface area (Å²) in [5, 5.41) is 0. The quantitative estimate of drug-likeness (QED) is 0.0526. The second-order valence-corrected chi connectivity index (χ2v) is 26.0. The van der Waals surface area contributed by atoms with Gasteiger partial charge >= 0.3 is 0 Å². The first-order valence-corrected chi connectivity index (χ1v) is 34.5. The van der Waals surface area contributed by atoms with Crippen LogP contribution in [0.2, 0.25) is 0 Å². The molecular formula is C81H108O10. The van der Waals surface area contributed by atoms with E-state index < -0.39 is 0 Å². The van der Waals surface area contributed by atoms with Gasteiger partial charge in [0, 0.05) is 32.0 Å². The van der Waals surface area contributed by atoms with E-state index in [9.17, 15) is 0 Å². The fraction of sp³-hybridized carbons (Fsp3) is 0.506. The van der Waals surface area contributed by atoms with E-state index in [1.54, 1.807) is 7.11 Å². The van der Waals surface area contributed by atoms with Gasteiger partial charge in [0.25, 0.3) is 0 Å². The van der Waals surface area contributed by atoms with Gasteiger partial charge in [-0.1, -0.05) is 169 Å². The number of benzene rings is 5. The monoisotopic (exact) mass is 1240 g/mol. The first kappa shape index (κ1) is 70.5. The first-order chi connectivity index (χ1) is 44.5. The highest BCUT2D eigenvalue weighted by atomic mass is 16.7. The second kappa shape index (κ2) is 37.9. The van der Waals surface area contributed by atoms with Crippen LogP contribution >= 0.6 is 0 Å². The lowest BCUT2D eigenvalue weighted by molar-refractivity contribution is -0.146. The molecule has 91 heavy (non-hydrogen) atoms. The van der Waals surface area contributed by atoms with Gasteiger partial charge in [0.1, 0.15) is 28.7 Å². The van der Waals surface area contributed by atoms with Crippen molar-refractivity contribution in [3.63, 3.8) is 0 Å². The Morgan fingerprint density at radius 1 is 0.440 bits per heavy atom. The van der Waals surface area contributed by atoms with Crippen LogP contribution in [0.4, 0.5) is 0 Å². The summed E-state index contributed by atoms with van der Waals surface area (Å²) in [4.78, 5) is 0. The van der Waals surface area contributed by atoms with E-state index in [0.29, 0.717) is 30.0 Å². The van der Waals surface area contributed by atoms with Crippen molar-refractivity contribution in [1.29, 1.82) is 0 Å². The molecule has 10 heteroatoms. The lowest BCUT2D eigenvalue weighted by Crippen LogP contribution is -2.48. The van der Waals surface area contributed by atoms with Gasteiger partial charge in [-0.3, -0.25) is 0 Å². The Morgan fingerprint density at radius 2 is 0.813 bits per heavy atom. The zero-order valence-corrected chi connectivity index (χ0v) is 55.6. The Kier molecular flexibility index (Phi) is 29.4. The molecule has 0 N–H and O–H groups in total. The maximum Gasteiger partial charge on any atom is 0.202 e. The Hall–Kier alpha value is -6.40. The van der Waals surface area contributed by atoms with Crippen LogP contribution in [0.25, 0.3) is 30.4 Å². The number of rotatable bonds is 25. The minimum Gasteiger partial charge on any atom is -0.465 e. The van der Waals surface area contributed by atoms with Crippen molar-refractivity contribution in [2.75, 3.05) is 26.9 Å². The number of hydrogen-bond donors (Lipinski definition) is 0. The van der Waals surface area contributed by atoms with Crippen LogP contribution in [-0.4, -0.2) is 64.5 Å². The molecule has 1 saturated heterocycles. The van der Waals surface area contributed by atoms with E-state index in [1.165, 1.54) is 128 Å². The van der Waals surface area contributed by atoms with Gasteiger partial charge in [-0.05, 0) is 222 Å². The Balaban J connectivity index is 0.000000148. The van der Waals surface area contributed by atoms with Crippen molar-refractivity contribution in [2.45, 2.75) is 200 Å². The maximum absolute atomic E-state index is 6.14. The fourth-order valence-corrected chi connectivity index (χ4v) is 14.5. The van der Waals surface area contributed by atoms with Gasteiger partial charge in [0.05, 0.1) is 19.3 Å². The first-order valence-electron chi connectivity index (χ1n) is 34.5. The summed E-state index contributed by atoms with van der Waals surface area (Å²) in [5.41, 5.74) is 5.98. The van der Waals surface area contributed by atoms with Crippen molar-refractivity contribution in [3.05, 3.63) is 182 Å². The van der Waals surface area contributed by atoms with Crippen molar-refractivity contribution in [3.8, 4) is 28.7 Å². The van der Waals surface area contributed by atoms with Crippen LogP contribution in [0.1, 0.15) is 190 Å². The molecule has 492 valence electrons. The molecule has 5 aromatic carbocycles. The molecule has 10 nitrogen and oxygen atoms in total. The molecule has 8 aliphatic rings. The molecule has 7 saturated carbocycles. The van der Waals surface area contributed by atoms with Crippen LogP contribution < -0.4 is 23.7 Å². The summed E-state index contributed by atoms with van der Waals surface area (Å²) < 4.78 is 58.0. The summed E-state index contributed by atoms with van der Waals surface area (Å²) in [5.74, 6) is 8.35. The van der Waals surface area contributed by atoms with E-state index in [2.05, 4.69) is 32.9 Å². The van der Waals surface area contributed by atoms with Crippen molar-refractivity contribution < 1.29 is 47.4 Å². The van der Waals surface area contributed by atoms with Crippen LogP contribution in [0.5, 0.6) is 28.7 Å². The molecule has 13 rings (SSSR count). The molecule has 5 unspecified atom stereocenters. The van der Waals surface area contributed by atoms with E-state index in [1.807, 2.05) is 172 Å². The van der Waals surface area contributed by atoms with Crippen LogP contribution in [-0.2, 0) is 23.7 Å². The molecule has 1 heterocycles. The third kappa shape index (κ3) is 23.6. The molecule has 0 spiro atoms. The third-order valence-corrected chi connectivity index (χ3v) is 19.0. The third-order valence-electron chi connectivity index (χ3n) is 19.0. The van der Waals surface area contributed by atoms with Crippen molar-refractivity contribution in [1.82, 2.24) is 0 Å². The smallest absolute Gasteiger partial charge is 0.202 e. The molecule has 1 aliphatic heterocycles. The lowest BCUT2D eigenvalue weighted by Gasteiger charge is -2.56. The zero-order valence-electron chi connectivity index (χ0n) is 55.6. The normalized spacial score (nSPS) is 23.0. The number of methoxy groups -OCH3 is 1. The summed E-state index contributed by atoms with van der Waals surface area (Å²) in [6, 6.07) is 39.8. The highest BCUT2D eigenvalue weighted by Gasteiger charge is 2.51. The van der Waals surface area contributed by atoms with Crippen LogP contribution in [0, 0.1) is 35.0 Å². The summed E-state index contributed by atoms with van der Waals surface area (Å²) in [6.45, 7) is 27.1. The molecule has 5 aromatic rings. The molecule has 0 aromatic heterocycles. The zero-order chi connectivity index (χ0) is 64.1. The van der Waals surface area contributed by atoms with Gasteiger partial charge in [-0.25, -0.2) is 0 Å². The van der Waals surface area contributed by atoms with Crippen LogP contribution in [0.3, 0.4) is 0 Å². The minimum atomic E-state index is -0.183. The molecular weight excluding hydrogens is 1130 g/mol. The molecule has 4 bridgehead atoms.